The van der Waals surface area contributed by atoms with Gasteiger partial charge in [-0.15, -0.1) is 11.3 Å². The van der Waals surface area contributed by atoms with Crippen LogP contribution in [0.1, 0.15) is 10.9 Å². The molecular weight excluding hydrogens is 348 g/mol. The summed E-state index contributed by atoms with van der Waals surface area (Å²) in [5.74, 6) is -1.09. The second-order valence-corrected chi connectivity index (χ2v) is 5.74. The maximum atomic E-state index is 11.3. The molecule has 1 unspecified atom stereocenters. The average Bonchev–Trinajstić information content (AvgIpc) is 2.90. The van der Waals surface area contributed by atoms with Crippen molar-refractivity contribution in [3.05, 3.63) is 55.2 Å². The Kier molecular flexibility index (Phi) is 4.35. The molecule has 2 N–H and O–H groups in total. The van der Waals surface area contributed by atoms with Crippen LogP contribution in [0.4, 0.5) is 11.4 Å². The summed E-state index contributed by atoms with van der Waals surface area (Å²) in [6.45, 7) is 0. The summed E-state index contributed by atoms with van der Waals surface area (Å²) in [4.78, 5) is 22.4. The lowest BCUT2D eigenvalue weighted by atomic mass is 10.2. The normalized spacial score (nSPS) is 11.8. The molecule has 0 amide bonds. The number of hydrogen-bond donors (Lipinski definition) is 2. The van der Waals surface area contributed by atoms with E-state index in [0.717, 1.165) is 0 Å². The Morgan fingerprint density at radius 3 is 2.75 bits per heavy atom. The molecule has 0 aliphatic rings. The van der Waals surface area contributed by atoms with Crippen molar-refractivity contribution in [2.75, 3.05) is 5.32 Å². The molecule has 8 heteroatoms. The number of anilines is 1. The number of nitro benzene ring substituents is 1. The summed E-state index contributed by atoms with van der Waals surface area (Å²) in [6, 6.07) is 6.80. The van der Waals surface area contributed by atoms with Gasteiger partial charge in [-0.1, -0.05) is 22.0 Å². The first-order chi connectivity index (χ1) is 9.49. The number of hydrogen-bond acceptors (Lipinski definition) is 5. The Balaban J connectivity index is 2.37. The van der Waals surface area contributed by atoms with Crippen molar-refractivity contribution in [1.29, 1.82) is 0 Å². The van der Waals surface area contributed by atoms with Gasteiger partial charge in [0.15, 0.2) is 6.04 Å². The van der Waals surface area contributed by atoms with Gasteiger partial charge in [0.1, 0.15) is 5.69 Å². The number of carboxylic acids is 1. The first-order valence-electron chi connectivity index (χ1n) is 5.45. The highest BCUT2D eigenvalue weighted by Gasteiger charge is 2.24. The van der Waals surface area contributed by atoms with Crippen molar-refractivity contribution < 1.29 is 14.8 Å². The summed E-state index contributed by atoms with van der Waals surface area (Å²) in [5, 5.41) is 24.7. The molecule has 1 heterocycles. The van der Waals surface area contributed by atoms with Gasteiger partial charge in [0.05, 0.1) is 4.92 Å². The Morgan fingerprint density at radius 2 is 2.20 bits per heavy atom. The molecule has 2 aromatic rings. The molecule has 0 radical (unpaired) electrons. The van der Waals surface area contributed by atoms with Crippen LogP contribution in [0.2, 0.25) is 0 Å². The van der Waals surface area contributed by atoms with Crippen LogP contribution in [0.25, 0.3) is 0 Å². The Bertz CT molecular complexity index is 645. The number of benzene rings is 1. The zero-order chi connectivity index (χ0) is 14.7. The standard InChI is InChI=1S/C12H9BrN2O4S/c13-7-3-4-8(9(6-7)15(18)19)14-11(12(16)17)10-2-1-5-20-10/h1-6,11,14H,(H,16,17). The summed E-state index contributed by atoms with van der Waals surface area (Å²) in [7, 11) is 0. The molecule has 0 fully saturated rings. The van der Waals surface area contributed by atoms with E-state index in [-0.39, 0.29) is 11.4 Å². The molecule has 0 bridgehead atoms. The minimum Gasteiger partial charge on any atom is -0.479 e. The van der Waals surface area contributed by atoms with E-state index in [9.17, 15) is 20.0 Å². The zero-order valence-electron chi connectivity index (χ0n) is 9.95. The molecule has 6 nitrogen and oxygen atoms in total. The van der Waals surface area contributed by atoms with E-state index in [1.54, 1.807) is 23.6 Å². The monoisotopic (exact) mass is 356 g/mol. The highest BCUT2D eigenvalue weighted by molar-refractivity contribution is 9.10. The molecule has 2 rings (SSSR count). The Labute approximate surface area is 126 Å². The first-order valence-corrected chi connectivity index (χ1v) is 7.13. The molecule has 1 aromatic heterocycles. The van der Waals surface area contributed by atoms with Crippen molar-refractivity contribution in [2.24, 2.45) is 0 Å². The SMILES string of the molecule is O=C(O)C(Nc1ccc(Br)cc1[N+](=O)[O-])c1cccs1. The summed E-state index contributed by atoms with van der Waals surface area (Å²) < 4.78 is 0.553. The smallest absolute Gasteiger partial charge is 0.331 e. The van der Waals surface area contributed by atoms with Crippen molar-refractivity contribution in [3.8, 4) is 0 Å². The largest absolute Gasteiger partial charge is 0.479 e. The zero-order valence-corrected chi connectivity index (χ0v) is 12.3. The van der Waals surface area contributed by atoms with Crippen LogP contribution in [0.3, 0.4) is 0 Å². The van der Waals surface area contributed by atoms with Crippen molar-refractivity contribution in [2.45, 2.75) is 6.04 Å². The summed E-state index contributed by atoms with van der Waals surface area (Å²) in [5.41, 5.74) is -0.0128. The van der Waals surface area contributed by atoms with Crippen LogP contribution >= 0.6 is 27.3 Å². The molecular formula is C12H9BrN2O4S. The van der Waals surface area contributed by atoms with Crippen LogP contribution in [0, 0.1) is 10.1 Å². The van der Waals surface area contributed by atoms with Gasteiger partial charge in [-0.2, -0.15) is 0 Å². The highest BCUT2D eigenvalue weighted by atomic mass is 79.9. The molecule has 0 aliphatic carbocycles. The maximum Gasteiger partial charge on any atom is 0.331 e. The van der Waals surface area contributed by atoms with E-state index in [2.05, 4.69) is 21.2 Å². The predicted molar refractivity (Wildman–Crippen MR) is 79.1 cm³/mol. The molecule has 1 aromatic carbocycles. The lowest BCUT2D eigenvalue weighted by molar-refractivity contribution is -0.384. The minimum atomic E-state index is -1.09. The molecule has 20 heavy (non-hydrogen) atoms. The third-order valence-corrected chi connectivity index (χ3v) is 3.96. The van der Waals surface area contributed by atoms with Crippen LogP contribution in [-0.4, -0.2) is 16.0 Å². The number of nitrogens with one attached hydrogen (secondary N) is 1. The molecule has 0 saturated carbocycles. The van der Waals surface area contributed by atoms with Crippen LogP contribution < -0.4 is 5.32 Å². The third kappa shape index (κ3) is 3.14. The van der Waals surface area contributed by atoms with Gasteiger partial charge in [-0.3, -0.25) is 10.1 Å². The summed E-state index contributed by atoms with van der Waals surface area (Å²) >= 11 is 4.43. The van der Waals surface area contributed by atoms with Crippen LogP contribution in [0.5, 0.6) is 0 Å². The molecule has 104 valence electrons. The fourth-order valence-corrected chi connectivity index (χ4v) is 2.76. The number of nitrogens with zero attached hydrogens (tertiary/aromatic N) is 1. The second-order valence-electron chi connectivity index (χ2n) is 3.85. The average molecular weight is 357 g/mol. The number of rotatable bonds is 5. The molecule has 0 spiro atoms. The highest BCUT2D eigenvalue weighted by Crippen LogP contribution is 2.32. The predicted octanol–water partition coefficient (Wildman–Crippen LogP) is 3.66. The number of carbonyl (C=O) groups is 1. The second kappa shape index (κ2) is 6.02. The van der Waals surface area contributed by atoms with E-state index >= 15 is 0 Å². The first kappa shape index (κ1) is 14.5. The van der Waals surface area contributed by atoms with Crippen molar-refractivity contribution in [1.82, 2.24) is 0 Å². The van der Waals surface area contributed by atoms with Gasteiger partial charge in [-0.05, 0) is 23.6 Å². The fourth-order valence-electron chi connectivity index (χ4n) is 1.64. The number of nitro groups is 1. The Hall–Kier alpha value is -1.93. The number of carboxylic acid groups (broad SMARTS) is 1. The molecule has 0 aliphatic heterocycles. The quantitative estimate of drug-likeness (QED) is 0.629. The van der Waals surface area contributed by atoms with Gasteiger partial charge in [0.2, 0.25) is 0 Å². The van der Waals surface area contributed by atoms with Crippen LogP contribution in [0.15, 0.2) is 40.2 Å². The fraction of sp³-hybridized carbons (Fsp3) is 0.0833. The van der Waals surface area contributed by atoms with Gasteiger partial charge in [0, 0.05) is 15.4 Å². The van der Waals surface area contributed by atoms with E-state index in [4.69, 9.17) is 0 Å². The number of halogens is 1. The van der Waals surface area contributed by atoms with Gasteiger partial charge >= 0.3 is 5.97 Å². The lowest BCUT2D eigenvalue weighted by Crippen LogP contribution is -2.20. The minimum absolute atomic E-state index is 0.166. The third-order valence-electron chi connectivity index (χ3n) is 2.53. The van der Waals surface area contributed by atoms with E-state index in [1.165, 1.54) is 23.5 Å². The van der Waals surface area contributed by atoms with Crippen LogP contribution in [-0.2, 0) is 4.79 Å². The van der Waals surface area contributed by atoms with E-state index in [0.29, 0.717) is 9.35 Å². The van der Waals surface area contributed by atoms with E-state index in [1.807, 2.05) is 0 Å². The molecule has 0 saturated heterocycles. The van der Waals surface area contributed by atoms with Gasteiger partial charge in [0.25, 0.3) is 5.69 Å². The Morgan fingerprint density at radius 1 is 1.45 bits per heavy atom. The molecule has 1 atom stereocenters. The van der Waals surface area contributed by atoms with Gasteiger partial charge < -0.3 is 10.4 Å². The van der Waals surface area contributed by atoms with Crippen molar-refractivity contribution >= 4 is 44.6 Å². The van der Waals surface area contributed by atoms with E-state index < -0.39 is 16.9 Å². The number of thiophene rings is 1. The maximum absolute atomic E-state index is 11.3. The summed E-state index contributed by atoms with van der Waals surface area (Å²) in [6.07, 6.45) is 0. The number of aliphatic carboxylic acids is 1. The topological polar surface area (TPSA) is 92.5 Å². The van der Waals surface area contributed by atoms with Gasteiger partial charge in [-0.25, -0.2) is 4.79 Å². The van der Waals surface area contributed by atoms with Crippen molar-refractivity contribution in [3.63, 3.8) is 0 Å². The lowest BCUT2D eigenvalue weighted by Gasteiger charge is -2.14.